The molecule has 4 heteroatoms. The summed E-state index contributed by atoms with van der Waals surface area (Å²) in [5.74, 6) is -0.0893. The Bertz CT molecular complexity index is 630. The van der Waals surface area contributed by atoms with Crippen LogP contribution in [0.1, 0.15) is 34.1 Å². The Hall–Kier alpha value is -2.23. The Balaban J connectivity index is 2.54. The van der Waals surface area contributed by atoms with Crippen LogP contribution >= 0.6 is 0 Å². The molecule has 0 saturated carbocycles. The number of aromatic amines is 1. The first-order valence-corrected chi connectivity index (χ1v) is 5.81. The second kappa shape index (κ2) is 4.96. The van der Waals surface area contributed by atoms with Gasteiger partial charge < -0.3 is 4.98 Å². The Morgan fingerprint density at radius 2 is 2.00 bits per heavy atom. The molecular weight excluding hydrogens is 228 g/mol. The quantitative estimate of drug-likeness (QED) is 0.836. The third kappa shape index (κ3) is 2.22. The average molecular weight is 242 g/mol. The van der Waals surface area contributed by atoms with Gasteiger partial charge in [-0.2, -0.15) is 0 Å². The van der Waals surface area contributed by atoms with E-state index in [2.05, 4.69) is 9.97 Å². The van der Waals surface area contributed by atoms with E-state index in [0.717, 1.165) is 0 Å². The summed E-state index contributed by atoms with van der Waals surface area (Å²) in [4.78, 5) is 30.5. The molecule has 0 bridgehead atoms. The number of pyridine rings is 2. The molecule has 0 aliphatic carbocycles. The van der Waals surface area contributed by atoms with E-state index in [-0.39, 0.29) is 11.3 Å². The molecule has 0 aromatic carbocycles. The second-order valence-electron chi connectivity index (χ2n) is 4.09. The summed E-state index contributed by atoms with van der Waals surface area (Å²) >= 11 is 0. The lowest BCUT2D eigenvalue weighted by atomic mass is 10.0. The zero-order chi connectivity index (χ0) is 13.1. The van der Waals surface area contributed by atoms with E-state index in [4.69, 9.17) is 0 Å². The highest BCUT2D eigenvalue weighted by molar-refractivity contribution is 6.09. The first-order chi connectivity index (χ1) is 8.63. The van der Waals surface area contributed by atoms with Gasteiger partial charge in [0.2, 0.25) is 0 Å². The molecule has 0 spiro atoms. The van der Waals surface area contributed by atoms with Crippen molar-refractivity contribution in [1.82, 2.24) is 9.97 Å². The van der Waals surface area contributed by atoms with Crippen molar-refractivity contribution in [3.63, 3.8) is 0 Å². The lowest BCUT2D eigenvalue weighted by molar-refractivity contribution is 0.103. The zero-order valence-electron chi connectivity index (χ0n) is 10.4. The van der Waals surface area contributed by atoms with Crippen molar-refractivity contribution in [3.8, 4) is 0 Å². The molecule has 18 heavy (non-hydrogen) atoms. The second-order valence-corrected chi connectivity index (χ2v) is 4.09. The molecule has 2 heterocycles. The van der Waals surface area contributed by atoms with Crippen LogP contribution in [0, 0.1) is 6.92 Å². The van der Waals surface area contributed by atoms with E-state index in [1.54, 1.807) is 37.5 Å². The Morgan fingerprint density at radius 1 is 1.33 bits per heavy atom. The fourth-order valence-corrected chi connectivity index (χ4v) is 1.81. The van der Waals surface area contributed by atoms with Crippen LogP contribution < -0.4 is 5.56 Å². The number of ketones is 1. The van der Waals surface area contributed by atoms with E-state index >= 15 is 0 Å². The van der Waals surface area contributed by atoms with Gasteiger partial charge in [0.05, 0.1) is 0 Å². The van der Waals surface area contributed by atoms with Crippen molar-refractivity contribution in [3.05, 3.63) is 63.3 Å². The summed E-state index contributed by atoms with van der Waals surface area (Å²) in [6.45, 7) is 3.60. The third-order valence-corrected chi connectivity index (χ3v) is 2.85. The molecule has 0 aliphatic heterocycles. The zero-order valence-corrected chi connectivity index (χ0v) is 10.4. The molecule has 0 amide bonds. The minimum absolute atomic E-state index is 0.0893. The molecule has 0 saturated heterocycles. The van der Waals surface area contributed by atoms with Gasteiger partial charge >= 0.3 is 0 Å². The fraction of sp³-hybridized carbons (Fsp3) is 0.214. The van der Waals surface area contributed by atoms with Gasteiger partial charge in [-0.05, 0) is 31.5 Å². The highest BCUT2D eigenvalue weighted by Gasteiger charge is 2.14. The average Bonchev–Trinajstić information content (AvgIpc) is 2.41. The maximum absolute atomic E-state index is 12.3. The van der Waals surface area contributed by atoms with Gasteiger partial charge in [-0.3, -0.25) is 14.6 Å². The molecule has 92 valence electrons. The van der Waals surface area contributed by atoms with Crippen LogP contribution in [0.25, 0.3) is 0 Å². The Morgan fingerprint density at radius 3 is 2.61 bits per heavy atom. The summed E-state index contributed by atoms with van der Waals surface area (Å²) in [5.41, 5.74) is 2.21. The molecule has 0 unspecified atom stereocenters. The Labute approximate surface area is 105 Å². The maximum atomic E-state index is 12.3. The van der Waals surface area contributed by atoms with Gasteiger partial charge in [-0.15, -0.1) is 0 Å². The molecule has 0 atom stereocenters. The smallest absolute Gasteiger partial charge is 0.251 e. The maximum Gasteiger partial charge on any atom is 0.251 e. The van der Waals surface area contributed by atoms with Crippen molar-refractivity contribution in [2.75, 3.05) is 0 Å². The minimum atomic E-state index is -0.141. The largest absolute Gasteiger partial charge is 0.325 e. The summed E-state index contributed by atoms with van der Waals surface area (Å²) < 4.78 is 0. The lowest BCUT2D eigenvalue weighted by Gasteiger charge is -2.07. The van der Waals surface area contributed by atoms with Crippen molar-refractivity contribution in [1.29, 1.82) is 0 Å². The van der Waals surface area contributed by atoms with E-state index in [1.807, 2.05) is 6.92 Å². The van der Waals surface area contributed by atoms with Gasteiger partial charge in [0.25, 0.3) is 5.56 Å². The number of aromatic nitrogens is 2. The number of H-pyrrole nitrogens is 1. The topological polar surface area (TPSA) is 62.8 Å². The van der Waals surface area contributed by atoms with Crippen LogP contribution in [0.3, 0.4) is 0 Å². The summed E-state index contributed by atoms with van der Waals surface area (Å²) in [5, 5.41) is 0. The van der Waals surface area contributed by atoms with Crippen molar-refractivity contribution in [2.45, 2.75) is 20.3 Å². The van der Waals surface area contributed by atoms with Crippen LogP contribution in [-0.2, 0) is 6.42 Å². The molecule has 0 aliphatic rings. The third-order valence-electron chi connectivity index (χ3n) is 2.85. The molecular formula is C14H14N2O2. The number of hydrogen-bond acceptors (Lipinski definition) is 3. The summed E-state index contributed by atoms with van der Waals surface area (Å²) in [6, 6.07) is 4.99. The van der Waals surface area contributed by atoms with Crippen molar-refractivity contribution < 1.29 is 4.79 Å². The number of rotatable bonds is 3. The molecule has 0 radical (unpaired) electrons. The van der Waals surface area contributed by atoms with Gasteiger partial charge in [-0.1, -0.05) is 6.92 Å². The predicted octanol–water partition coefficient (Wildman–Crippen LogP) is 1.87. The first kappa shape index (κ1) is 12.2. The molecule has 2 aromatic rings. The number of nitrogens with one attached hydrogen (secondary N) is 1. The molecule has 2 rings (SSSR count). The van der Waals surface area contributed by atoms with Crippen LogP contribution in [0.5, 0.6) is 0 Å². The SMILES string of the molecule is CCc1[nH]c(=O)c(C)cc1C(=O)c1ccncc1. The number of hydrogen-bond donors (Lipinski definition) is 1. The van der Waals surface area contributed by atoms with Crippen LogP contribution in [0.4, 0.5) is 0 Å². The van der Waals surface area contributed by atoms with Gasteiger partial charge in [0.1, 0.15) is 0 Å². The van der Waals surface area contributed by atoms with Gasteiger partial charge in [0, 0.05) is 34.8 Å². The molecule has 4 nitrogen and oxygen atoms in total. The number of carbonyl (C=O) groups is 1. The van der Waals surface area contributed by atoms with Crippen molar-refractivity contribution >= 4 is 5.78 Å². The molecule has 0 fully saturated rings. The highest BCUT2D eigenvalue weighted by Crippen LogP contribution is 2.13. The predicted molar refractivity (Wildman–Crippen MR) is 68.8 cm³/mol. The van der Waals surface area contributed by atoms with Crippen molar-refractivity contribution in [2.24, 2.45) is 0 Å². The normalized spacial score (nSPS) is 10.3. The fourth-order valence-electron chi connectivity index (χ4n) is 1.81. The van der Waals surface area contributed by atoms with E-state index in [1.165, 1.54) is 0 Å². The number of carbonyl (C=O) groups excluding carboxylic acids is 1. The van der Waals surface area contributed by atoms with Crippen LogP contribution in [-0.4, -0.2) is 15.8 Å². The van der Waals surface area contributed by atoms with Crippen LogP contribution in [0.2, 0.25) is 0 Å². The van der Waals surface area contributed by atoms with Gasteiger partial charge in [-0.25, -0.2) is 0 Å². The van der Waals surface area contributed by atoms with Gasteiger partial charge in [0.15, 0.2) is 5.78 Å². The highest BCUT2D eigenvalue weighted by atomic mass is 16.1. The van der Waals surface area contributed by atoms with E-state index in [9.17, 15) is 9.59 Å². The molecule has 2 aromatic heterocycles. The number of aryl methyl sites for hydroxylation is 2. The Kier molecular flexibility index (Phi) is 3.37. The number of nitrogens with zero attached hydrogens (tertiary/aromatic N) is 1. The minimum Gasteiger partial charge on any atom is -0.325 e. The molecule has 1 N–H and O–H groups in total. The van der Waals surface area contributed by atoms with E-state index in [0.29, 0.717) is 28.8 Å². The standard InChI is InChI=1S/C14H14N2O2/c1-3-12-11(8-9(2)14(18)16-12)13(17)10-4-6-15-7-5-10/h4-8H,3H2,1-2H3,(H,16,18). The van der Waals surface area contributed by atoms with E-state index < -0.39 is 0 Å². The first-order valence-electron chi connectivity index (χ1n) is 5.81. The summed E-state index contributed by atoms with van der Waals surface area (Å²) in [7, 11) is 0. The van der Waals surface area contributed by atoms with Crippen LogP contribution in [0.15, 0.2) is 35.4 Å². The lowest BCUT2D eigenvalue weighted by Crippen LogP contribution is -2.17. The monoisotopic (exact) mass is 242 g/mol. The summed E-state index contributed by atoms with van der Waals surface area (Å²) in [6.07, 6.45) is 3.77.